The minimum absolute atomic E-state index is 1.18. The first-order valence-electron chi connectivity index (χ1n) is 17.8. The van der Waals surface area contributed by atoms with E-state index in [4.69, 9.17) is 0 Å². The van der Waals surface area contributed by atoms with Gasteiger partial charge in [-0.25, -0.2) is 0 Å². The zero-order chi connectivity index (χ0) is 34.2. The SMILES string of the molecule is c1ccc(-n2c3ccc(-c4cccc5ccccc45)cc3c3cc(-c4cccc5ccccc45)ccc32)c(-c2ccc3sc4ccccc4c3c2)c1. The number of aromatic nitrogens is 1. The average Bonchev–Trinajstić information content (AvgIpc) is 3.75. The van der Waals surface area contributed by atoms with Crippen LogP contribution in [-0.2, 0) is 0 Å². The maximum absolute atomic E-state index is 2.48. The number of thiophene rings is 1. The van der Waals surface area contributed by atoms with Gasteiger partial charge in [0.15, 0.2) is 0 Å². The van der Waals surface area contributed by atoms with Crippen LogP contribution in [0.15, 0.2) is 188 Å². The van der Waals surface area contributed by atoms with Gasteiger partial charge < -0.3 is 4.57 Å². The van der Waals surface area contributed by atoms with E-state index >= 15 is 0 Å². The molecule has 0 unspecified atom stereocenters. The normalized spacial score (nSPS) is 11.8. The summed E-state index contributed by atoms with van der Waals surface area (Å²) in [6.07, 6.45) is 0. The lowest BCUT2D eigenvalue weighted by atomic mass is 9.95. The fraction of sp³-hybridized carbons (Fsp3) is 0. The molecule has 242 valence electrons. The Morgan fingerprint density at radius 2 is 0.769 bits per heavy atom. The third kappa shape index (κ3) is 4.48. The Kier molecular flexibility index (Phi) is 6.49. The summed E-state index contributed by atoms with van der Waals surface area (Å²) < 4.78 is 5.13. The topological polar surface area (TPSA) is 4.93 Å². The summed E-state index contributed by atoms with van der Waals surface area (Å²) in [4.78, 5) is 0. The smallest absolute Gasteiger partial charge is 0.0541 e. The van der Waals surface area contributed by atoms with Crippen molar-refractivity contribution < 1.29 is 0 Å². The van der Waals surface area contributed by atoms with Crippen molar-refractivity contribution in [3.05, 3.63) is 188 Å². The second kappa shape index (κ2) is 11.5. The lowest BCUT2D eigenvalue weighted by Crippen LogP contribution is -1.97. The zero-order valence-electron chi connectivity index (χ0n) is 28.3. The molecule has 0 bridgehead atoms. The molecule has 0 fully saturated rings. The number of hydrogen-bond donors (Lipinski definition) is 0. The van der Waals surface area contributed by atoms with Gasteiger partial charge in [0.25, 0.3) is 0 Å². The quantitative estimate of drug-likeness (QED) is 0.175. The standard InChI is InChI=1S/C50H31NS/c1-3-15-37-32(11-1)13-9-19-39(37)34-23-26-47-43(29-34)44-30-35(40-20-10-14-33-12-2-4-16-38(33)40)24-27-48(44)51(47)46-21-7-5-17-41(46)36-25-28-50-45(31-36)42-18-6-8-22-49(42)52-50/h1-31H. The van der Waals surface area contributed by atoms with Crippen LogP contribution < -0.4 is 0 Å². The van der Waals surface area contributed by atoms with Gasteiger partial charge in [-0.15, -0.1) is 11.3 Å². The highest BCUT2D eigenvalue weighted by molar-refractivity contribution is 7.25. The first-order valence-corrected chi connectivity index (χ1v) is 18.7. The molecule has 2 heterocycles. The van der Waals surface area contributed by atoms with E-state index < -0.39 is 0 Å². The molecule has 0 saturated heterocycles. The van der Waals surface area contributed by atoms with Gasteiger partial charge in [-0.3, -0.25) is 0 Å². The van der Waals surface area contributed by atoms with Crippen molar-refractivity contribution in [3.63, 3.8) is 0 Å². The van der Waals surface area contributed by atoms with Crippen LogP contribution in [0.2, 0.25) is 0 Å². The molecule has 0 amide bonds. The van der Waals surface area contributed by atoms with Crippen LogP contribution >= 0.6 is 11.3 Å². The van der Waals surface area contributed by atoms with Gasteiger partial charge in [-0.05, 0) is 97.9 Å². The first kappa shape index (κ1) is 29.3. The van der Waals surface area contributed by atoms with Crippen LogP contribution in [0.25, 0.3) is 103 Å². The Bertz CT molecular complexity index is 3050. The molecule has 0 saturated carbocycles. The Morgan fingerprint density at radius 3 is 1.44 bits per heavy atom. The summed E-state index contributed by atoms with van der Waals surface area (Å²) >= 11 is 1.87. The Hall–Kier alpha value is -6.48. The van der Waals surface area contributed by atoms with E-state index in [1.165, 1.54) is 103 Å². The average molecular weight is 678 g/mol. The van der Waals surface area contributed by atoms with Crippen LogP contribution in [0.4, 0.5) is 0 Å². The summed E-state index contributed by atoms with van der Waals surface area (Å²) in [5.74, 6) is 0. The van der Waals surface area contributed by atoms with Crippen molar-refractivity contribution in [2.24, 2.45) is 0 Å². The lowest BCUT2D eigenvalue weighted by molar-refractivity contribution is 1.18. The number of para-hydroxylation sites is 1. The molecule has 11 rings (SSSR count). The molecular weight excluding hydrogens is 647 g/mol. The van der Waals surface area contributed by atoms with E-state index in [1.807, 2.05) is 11.3 Å². The molecule has 0 aliphatic carbocycles. The molecule has 0 radical (unpaired) electrons. The van der Waals surface area contributed by atoms with E-state index in [-0.39, 0.29) is 0 Å². The van der Waals surface area contributed by atoms with Gasteiger partial charge >= 0.3 is 0 Å². The summed E-state index contributed by atoms with van der Waals surface area (Å²) in [5, 5.41) is 10.2. The van der Waals surface area contributed by atoms with E-state index in [9.17, 15) is 0 Å². The number of hydrogen-bond acceptors (Lipinski definition) is 1. The number of fused-ring (bicyclic) bond motifs is 8. The molecule has 0 spiro atoms. The summed E-state index contributed by atoms with van der Waals surface area (Å²) in [6.45, 7) is 0. The van der Waals surface area contributed by atoms with Crippen molar-refractivity contribution in [3.8, 4) is 39.1 Å². The highest BCUT2D eigenvalue weighted by Crippen LogP contribution is 2.42. The molecule has 0 aliphatic rings. The Morgan fingerprint density at radius 1 is 0.308 bits per heavy atom. The molecule has 52 heavy (non-hydrogen) atoms. The second-order valence-electron chi connectivity index (χ2n) is 13.7. The largest absolute Gasteiger partial charge is 0.309 e. The van der Waals surface area contributed by atoms with Crippen molar-refractivity contribution in [1.82, 2.24) is 4.57 Å². The second-order valence-corrected chi connectivity index (χ2v) is 14.8. The highest BCUT2D eigenvalue weighted by atomic mass is 32.1. The van der Waals surface area contributed by atoms with Crippen molar-refractivity contribution >= 4 is 74.9 Å². The van der Waals surface area contributed by atoms with Gasteiger partial charge in [0, 0.05) is 36.5 Å². The molecule has 11 aromatic rings. The third-order valence-corrected chi connectivity index (χ3v) is 12.0. The fourth-order valence-electron chi connectivity index (χ4n) is 8.38. The van der Waals surface area contributed by atoms with E-state index in [0.29, 0.717) is 0 Å². The van der Waals surface area contributed by atoms with Crippen LogP contribution in [0.5, 0.6) is 0 Å². The van der Waals surface area contributed by atoms with Gasteiger partial charge in [-0.1, -0.05) is 140 Å². The minimum Gasteiger partial charge on any atom is -0.309 e. The zero-order valence-corrected chi connectivity index (χ0v) is 29.1. The summed E-state index contributed by atoms with van der Waals surface area (Å²) in [7, 11) is 0. The van der Waals surface area contributed by atoms with E-state index in [0.717, 1.165) is 0 Å². The number of benzene rings is 9. The monoisotopic (exact) mass is 677 g/mol. The predicted molar refractivity (Wildman–Crippen MR) is 225 cm³/mol. The predicted octanol–water partition coefficient (Wildman–Crippen LogP) is 14.5. The number of rotatable bonds is 4. The van der Waals surface area contributed by atoms with Crippen LogP contribution in [0.1, 0.15) is 0 Å². The molecular formula is C50H31NS. The van der Waals surface area contributed by atoms with Crippen LogP contribution in [-0.4, -0.2) is 4.57 Å². The molecule has 0 aliphatic heterocycles. The molecule has 2 aromatic heterocycles. The number of nitrogens with zero attached hydrogens (tertiary/aromatic N) is 1. The van der Waals surface area contributed by atoms with Gasteiger partial charge in [0.05, 0.1) is 16.7 Å². The lowest BCUT2D eigenvalue weighted by Gasteiger charge is -2.15. The summed E-state index contributed by atoms with van der Waals surface area (Å²) in [5.41, 5.74) is 11.0. The van der Waals surface area contributed by atoms with E-state index in [1.54, 1.807) is 0 Å². The van der Waals surface area contributed by atoms with Crippen molar-refractivity contribution in [2.45, 2.75) is 0 Å². The van der Waals surface area contributed by atoms with Crippen molar-refractivity contribution in [1.29, 1.82) is 0 Å². The first-order chi connectivity index (χ1) is 25.8. The van der Waals surface area contributed by atoms with Gasteiger partial charge in [0.2, 0.25) is 0 Å². The molecule has 0 atom stereocenters. The maximum Gasteiger partial charge on any atom is 0.0541 e. The summed E-state index contributed by atoms with van der Waals surface area (Å²) in [6, 6.07) is 69.4. The Balaban J connectivity index is 1.18. The minimum atomic E-state index is 1.18. The molecule has 1 nitrogen and oxygen atoms in total. The molecule has 2 heteroatoms. The maximum atomic E-state index is 2.48. The third-order valence-electron chi connectivity index (χ3n) is 10.8. The van der Waals surface area contributed by atoms with Gasteiger partial charge in [-0.2, -0.15) is 0 Å². The van der Waals surface area contributed by atoms with Crippen LogP contribution in [0, 0.1) is 0 Å². The van der Waals surface area contributed by atoms with E-state index in [2.05, 4.69) is 193 Å². The van der Waals surface area contributed by atoms with Gasteiger partial charge in [0.1, 0.15) is 0 Å². The fourth-order valence-corrected chi connectivity index (χ4v) is 9.46. The molecule has 9 aromatic carbocycles. The van der Waals surface area contributed by atoms with Crippen molar-refractivity contribution in [2.75, 3.05) is 0 Å². The Labute approximate surface area is 305 Å². The molecule has 0 N–H and O–H groups in total. The highest BCUT2D eigenvalue weighted by Gasteiger charge is 2.19. The van der Waals surface area contributed by atoms with Crippen LogP contribution in [0.3, 0.4) is 0 Å².